The van der Waals surface area contributed by atoms with Crippen molar-refractivity contribution >= 4 is 49.3 Å². The normalized spacial score (nSPS) is 15.7. The zero-order valence-electron chi connectivity index (χ0n) is 15.3. The average Bonchev–Trinajstić information content (AvgIpc) is 2.59. The summed E-state index contributed by atoms with van der Waals surface area (Å²) in [6.07, 6.45) is 7.61. The van der Waals surface area contributed by atoms with Gasteiger partial charge in [0.2, 0.25) is 15.9 Å². The van der Waals surface area contributed by atoms with Gasteiger partial charge in [-0.2, -0.15) is 11.8 Å². The number of carbonyl (C=O) groups excluding carboxylic acids is 1. The fourth-order valence-corrected chi connectivity index (χ4v) is 5.33. The van der Waals surface area contributed by atoms with Gasteiger partial charge in [-0.25, -0.2) is 8.42 Å². The molecule has 26 heavy (non-hydrogen) atoms. The molecule has 0 heterocycles. The number of hydrogen-bond donors (Lipinski definition) is 1. The van der Waals surface area contributed by atoms with Gasteiger partial charge >= 0.3 is 0 Å². The average molecular weight is 463 g/mol. The summed E-state index contributed by atoms with van der Waals surface area (Å²) in [5.74, 6) is 0.590. The summed E-state index contributed by atoms with van der Waals surface area (Å²) in [5.41, 5.74) is 1.42. The Balaban J connectivity index is 1.87. The van der Waals surface area contributed by atoms with Crippen molar-refractivity contribution in [2.75, 3.05) is 29.4 Å². The lowest BCUT2D eigenvalue weighted by molar-refractivity contribution is -0.119. The van der Waals surface area contributed by atoms with E-state index in [4.69, 9.17) is 0 Å². The van der Waals surface area contributed by atoms with E-state index in [1.165, 1.54) is 32.1 Å². The highest BCUT2D eigenvalue weighted by Gasteiger charge is 2.21. The molecule has 1 aromatic rings. The van der Waals surface area contributed by atoms with Crippen molar-refractivity contribution in [1.29, 1.82) is 0 Å². The van der Waals surface area contributed by atoms with Gasteiger partial charge in [0.15, 0.2) is 0 Å². The third-order valence-corrected chi connectivity index (χ3v) is 7.86. The highest BCUT2D eigenvalue weighted by Crippen LogP contribution is 2.28. The Morgan fingerprint density at radius 3 is 2.62 bits per heavy atom. The van der Waals surface area contributed by atoms with Crippen LogP contribution in [0.3, 0.4) is 0 Å². The number of thioether (sulfide) groups is 1. The van der Waals surface area contributed by atoms with E-state index in [0.29, 0.717) is 17.5 Å². The van der Waals surface area contributed by atoms with Crippen LogP contribution in [0.1, 0.15) is 37.7 Å². The van der Waals surface area contributed by atoms with Crippen molar-refractivity contribution in [3.05, 3.63) is 28.2 Å². The molecular weight excluding hydrogens is 436 g/mol. The maximum Gasteiger partial charge on any atom is 0.240 e. The van der Waals surface area contributed by atoms with Crippen LogP contribution in [0.4, 0.5) is 5.69 Å². The van der Waals surface area contributed by atoms with Gasteiger partial charge in [-0.1, -0.05) is 35.2 Å². The molecule has 146 valence electrons. The third-order valence-electron chi connectivity index (χ3n) is 4.45. The van der Waals surface area contributed by atoms with Crippen LogP contribution in [-0.2, 0) is 14.8 Å². The molecule has 1 amide bonds. The molecule has 0 spiro atoms. The van der Waals surface area contributed by atoms with E-state index in [0.717, 1.165) is 26.4 Å². The van der Waals surface area contributed by atoms with Gasteiger partial charge in [0, 0.05) is 22.0 Å². The van der Waals surface area contributed by atoms with Gasteiger partial charge in [0.05, 0.1) is 11.9 Å². The third kappa shape index (κ3) is 6.78. The summed E-state index contributed by atoms with van der Waals surface area (Å²) < 4.78 is 26.3. The summed E-state index contributed by atoms with van der Waals surface area (Å²) in [6.45, 7) is 2.25. The van der Waals surface area contributed by atoms with E-state index in [-0.39, 0.29) is 12.5 Å². The minimum atomic E-state index is -3.54. The smallest absolute Gasteiger partial charge is 0.240 e. The summed E-state index contributed by atoms with van der Waals surface area (Å²) in [7, 11) is -3.54. The number of halogens is 1. The lowest BCUT2D eigenvalue weighted by atomic mass is 10.0. The molecule has 8 heteroatoms. The van der Waals surface area contributed by atoms with Gasteiger partial charge in [-0.3, -0.25) is 9.10 Å². The van der Waals surface area contributed by atoms with Crippen LogP contribution in [0.25, 0.3) is 0 Å². The first-order chi connectivity index (χ1) is 12.3. The Morgan fingerprint density at radius 2 is 2.00 bits per heavy atom. The Kier molecular flexibility index (Phi) is 8.29. The van der Waals surface area contributed by atoms with Crippen LogP contribution in [-0.4, -0.2) is 44.7 Å². The van der Waals surface area contributed by atoms with Gasteiger partial charge in [0.1, 0.15) is 6.54 Å². The number of anilines is 1. The van der Waals surface area contributed by atoms with Crippen molar-refractivity contribution in [3.8, 4) is 0 Å². The number of rotatable bonds is 8. The molecule has 1 aliphatic carbocycles. The van der Waals surface area contributed by atoms with Crippen molar-refractivity contribution in [2.24, 2.45) is 0 Å². The fourth-order valence-electron chi connectivity index (χ4n) is 3.02. The molecule has 0 atom stereocenters. The number of hydrogen-bond acceptors (Lipinski definition) is 4. The van der Waals surface area contributed by atoms with Crippen LogP contribution in [0.5, 0.6) is 0 Å². The molecule has 1 N–H and O–H groups in total. The molecular formula is C18H27BrN2O3S2. The minimum Gasteiger partial charge on any atom is -0.354 e. The van der Waals surface area contributed by atoms with Crippen molar-refractivity contribution in [2.45, 2.75) is 44.3 Å². The van der Waals surface area contributed by atoms with Gasteiger partial charge in [0.25, 0.3) is 0 Å². The van der Waals surface area contributed by atoms with Crippen LogP contribution in [0, 0.1) is 6.92 Å². The maximum absolute atomic E-state index is 12.2. The first-order valence-electron chi connectivity index (χ1n) is 8.89. The first-order valence-corrected chi connectivity index (χ1v) is 12.6. The van der Waals surface area contributed by atoms with Crippen molar-refractivity contribution < 1.29 is 13.2 Å². The molecule has 0 aliphatic heterocycles. The Labute approximate surface area is 169 Å². The minimum absolute atomic E-state index is 0.200. The molecule has 0 saturated heterocycles. The standard InChI is InChI=1S/C18H27BrN2O3S2/c1-14-12-15(8-9-17(14)19)21(26(2,23)24)13-18(22)20-10-11-25-16-6-4-3-5-7-16/h8-9,12,16H,3-7,10-11,13H2,1-2H3,(H,20,22). The zero-order chi connectivity index (χ0) is 19.2. The molecule has 0 unspecified atom stereocenters. The molecule has 2 rings (SSSR count). The van der Waals surface area contributed by atoms with Crippen LogP contribution in [0.15, 0.2) is 22.7 Å². The second-order valence-corrected chi connectivity index (χ2v) is 10.9. The van der Waals surface area contributed by atoms with E-state index in [2.05, 4.69) is 21.2 Å². The van der Waals surface area contributed by atoms with Gasteiger partial charge in [-0.05, 0) is 43.5 Å². The lowest BCUT2D eigenvalue weighted by Gasteiger charge is -2.23. The van der Waals surface area contributed by atoms with Crippen LogP contribution in [0.2, 0.25) is 0 Å². The van der Waals surface area contributed by atoms with E-state index < -0.39 is 10.0 Å². The highest BCUT2D eigenvalue weighted by molar-refractivity contribution is 9.10. The zero-order valence-corrected chi connectivity index (χ0v) is 18.6. The van der Waals surface area contributed by atoms with E-state index >= 15 is 0 Å². The van der Waals surface area contributed by atoms with Crippen LogP contribution >= 0.6 is 27.7 Å². The molecule has 0 aromatic heterocycles. The van der Waals surface area contributed by atoms with E-state index in [1.54, 1.807) is 18.2 Å². The molecule has 1 aromatic carbocycles. The molecule has 1 fully saturated rings. The Bertz CT molecular complexity index is 719. The van der Waals surface area contributed by atoms with Crippen molar-refractivity contribution in [3.63, 3.8) is 0 Å². The lowest BCUT2D eigenvalue weighted by Crippen LogP contribution is -2.41. The van der Waals surface area contributed by atoms with Gasteiger partial charge in [-0.15, -0.1) is 0 Å². The van der Waals surface area contributed by atoms with E-state index in [9.17, 15) is 13.2 Å². The summed E-state index contributed by atoms with van der Waals surface area (Å²) >= 11 is 5.32. The predicted molar refractivity (Wildman–Crippen MR) is 113 cm³/mol. The Morgan fingerprint density at radius 1 is 1.31 bits per heavy atom. The first kappa shape index (κ1) is 21.6. The number of nitrogens with one attached hydrogen (secondary N) is 1. The topological polar surface area (TPSA) is 66.5 Å². The number of aryl methyl sites for hydroxylation is 1. The van der Waals surface area contributed by atoms with Crippen molar-refractivity contribution in [1.82, 2.24) is 5.32 Å². The van der Waals surface area contributed by atoms with Crippen LogP contribution < -0.4 is 9.62 Å². The van der Waals surface area contributed by atoms with Gasteiger partial charge < -0.3 is 5.32 Å². The number of amides is 1. The largest absolute Gasteiger partial charge is 0.354 e. The molecule has 0 radical (unpaired) electrons. The molecule has 1 saturated carbocycles. The quantitative estimate of drug-likeness (QED) is 0.597. The summed E-state index contributed by atoms with van der Waals surface area (Å²) in [5, 5.41) is 3.55. The monoisotopic (exact) mass is 462 g/mol. The highest BCUT2D eigenvalue weighted by atomic mass is 79.9. The fraction of sp³-hybridized carbons (Fsp3) is 0.611. The molecule has 0 bridgehead atoms. The number of sulfonamides is 1. The predicted octanol–water partition coefficient (Wildman–Crippen LogP) is 3.71. The number of carbonyl (C=O) groups is 1. The summed E-state index contributed by atoms with van der Waals surface area (Å²) in [4.78, 5) is 12.2. The number of benzene rings is 1. The molecule has 1 aliphatic rings. The summed E-state index contributed by atoms with van der Waals surface area (Å²) in [6, 6.07) is 5.25. The maximum atomic E-state index is 12.2. The second-order valence-electron chi connectivity index (χ2n) is 6.68. The Hall–Kier alpha value is -0.730. The SMILES string of the molecule is Cc1cc(N(CC(=O)NCCSC2CCCCC2)S(C)(=O)=O)ccc1Br. The molecule has 5 nitrogen and oxygen atoms in total. The second kappa shape index (κ2) is 9.99. The van der Waals surface area contributed by atoms with E-state index in [1.807, 2.05) is 18.7 Å². The number of nitrogens with zero attached hydrogens (tertiary/aromatic N) is 1.